The van der Waals surface area contributed by atoms with Gasteiger partial charge in [-0.2, -0.15) is 0 Å². The number of carboxylic acid groups (broad SMARTS) is 1. The van der Waals surface area contributed by atoms with E-state index in [0.29, 0.717) is 17.9 Å². The third-order valence-corrected chi connectivity index (χ3v) is 4.20. The predicted octanol–water partition coefficient (Wildman–Crippen LogP) is 3.23. The van der Waals surface area contributed by atoms with Crippen LogP contribution >= 0.6 is 0 Å². The maximum absolute atomic E-state index is 12.5. The van der Waals surface area contributed by atoms with Crippen LogP contribution in [-0.4, -0.2) is 21.4 Å². The summed E-state index contributed by atoms with van der Waals surface area (Å²) >= 11 is 0. The molecule has 116 valence electrons. The van der Waals surface area contributed by atoms with E-state index in [1.165, 1.54) is 0 Å². The molecule has 0 aliphatic heterocycles. The zero-order chi connectivity index (χ0) is 15.9. The lowest BCUT2D eigenvalue weighted by atomic mass is 9.75. The number of rotatable bonds is 4. The van der Waals surface area contributed by atoms with Crippen LogP contribution in [0.4, 0.5) is 0 Å². The highest BCUT2D eigenvalue weighted by atomic mass is 16.4. The third kappa shape index (κ3) is 3.04. The summed E-state index contributed by atoms with van der Waals surface area (Å²) in [5.74, 6) is -0.318. The van der Waals surface area contributed by atoms with Crippen molar-refractivity contribution in [2.75, 3.05) is 0 Å². The molecule has 0 saturated heterocycles. The van der Waals surface area contributed by atoms with Gasteiger partial charge < -0.3 is 9.67 Å². The van der Waals surface area contributed by atoms with E-state index in [4.69, 9.17) is 5.11 Å². The van der Waals surface area contributed by atoms with Crippen LogP contribution < -0.4 is 0 Å². The highest BCUT2D eigenvalue weighted by molar-refractivity contribution is 6.01. The molecule has 0 spiro atoms. The number of carboxylic acids is 1. The highest BCUT2D eigenvalue weighted by Crippen LogP contribution is 2.39. The lowest BCUT2D eigenvalue weighted by molar-refractivity contribution is -0.136. The van der Waals surface area contributed by atoms with Gasteiger partial charge in [0, 0.05) is 29.9 Å². The molecule has 0 atom stereocenters. The van der Waals surface area contributed by atoms with Crippen LogP contribution in [0.2, 0.25) is 0 Å². The minimum Gasteiger partial charge on any atom is -0.481 e. The number of carbonyl (C=O) groups excluding carboxylic acids is 1. The third-order valence-electron chi connectivity index (χ3n) is 4.20. The van der Waals surface area contributed by atoms with Crippen molar-refractivity contribution in [3.8, 4) is 0 Å². The number of hydrogen-bond acceptors (Lipinski definition) is 2. The number of aromatic nitrogens is 1. The van der Waals surface area contributed by atoms with Crippen molar-refractivity contribution in [2.24, 2.45) is 11.3 Å². The van der Waals surface area contributed by atoms with E-state index in [0.717, 1.165) is 29.9 Å². The standard InChI is InChI=1S/C17H25NO3/c1-10(2)9-18-11(3)12(6-15(20)21)16-13(18)7-17(4,5)8-14(16)19/h10H,6-9H2,1-5H3,(H,20,21). The van der Waals surface area contributed by atoms with Gasteiger partial charge in [0.15, 0.2) is 5.78 Å². The summed E-state index contributed by atoms with van der Waals surface area (Å²) in [6, 6.07) is 0. The first-order valence-electron chi connectivity index (χ1n) is 7.58. The van der Waals surface area contributed by atoms with Gasteiger partial charge in [-0.15, -0.1) is 0 Å². The average molecular weight is 291 g/mol. The van der Waals surface area contributed by atoms with Gasteiger partial charge in [-0.05, 0) is 30.2 Å². The Hall–Kier alpha value is -1.58. The Morgan fingerprint density at radius 2 is 1.95 bits per heavy atom. The van der Waals surface area contributed by atoms with Crippen LogP contribution in [-0.2, 0) is 24.2 Å². The SMILES string of the molecule is Cc1c(CC(=O)O)c2c(n1CC(C)C)CC(C)(C)CC2=O. The first-order chi connectivity index (χ1) is 9.62. The second kappa shape index (κ2) is 5.32. The fourth-order valence-electron chi connectivity index (χ4n) is 3.39. The summed E-state index contributed by atoms with van der Waals surface area (Å²) in [6.07, 6.45) is 1.27. The van der Waals surface area contributed by atoms with Crippen LogP contribution in [0, 0.1) is 18.3 Å². The Morgan fingerprint density at radius 3 is 2.48 bits per heavy atom. The number of aliphatic carboxylic acids is 1. The molecule has 0 unspecified atom stereocenters. The van der Waals surface area contributed by atoms with Gasteiger partial charge in [0.25, 0.3) is 0 Å². The van der Waals surface area contributed by atoms with E-state index >= 15 is 0 Å². The second-order valence-corrected chi connectivity index (χ2v) is 7.40. The molecule has 0 radical (unpaired) electrons. The van der Waals surface area contributed by atoms with Crippen molar-refractivity contribution >= 4 is 11.8 Å². The van der Waals surface area contributed by atoms with E-state index in [1.807, 2.05) is 6.92 Å². The normalized spacial score (nSPS) is 17.1. The van der Waals surface area contributed by atoms with Crippen LogP contribution in [0.15, 0.2) is 0 Å². The topological polar surface area (TPSA) is 59.3 Å². The van der Waals surface area contributed by atoms with E-state index in [9.17, 15) is 9.59 Å². The molecule has 0 aromatic carbocycles. The molecule has 1 aromatic rings. The zero-order valence-corrected chi connectivity index (χ0v) is 13.6. The average Bonchev–Trinajstić information content (AvgIpc) is 2.52. The monoisotopic (exact) mass is 291 g/mol. The van der Waals surface area contributed by atoms with Crippen molar-refractivity contribution in [1.82, 2.24) is 4.57 Å². The highest BCUT2D eigenvalue weighted by Gasteiger charge is 2.37. The van der Waals surface area contributed by atoms with Crippen LogP contribution in [0.3, 0.4) is 0 Å². The second-order valence-electron chi connectivity index (χ2n) is 7.40. The lowest BCUT2D eigenvalue weighted by Gasteiger charge is -2.30. The molecule has 2 rings (SSSR count). The van der Waals surface area contributed by atoms with Crippen LogP contribution in [0.25, 0.3) is 0 Å². The molecule has 1 aliphatic rings. The first-order valence-corrected chi connectivity index (χ1v) is 7.58. The minimum absolute atomic E-state index is 0.0515. The number of carbonyl (C=O) groups is 2. The maximum atomic E-state index is 12.5. The number of ketones is 1. The Morgan fingerprint density at radius 1 is 1.33 bits per heavy atom. The van der Waals surface area contributed by atoms with Gasteiger partial charge in [-0.25, -0.2) is 0 Å². The van der Waals surface area contributed by atoms with Gasteiger partial charge in [-0.3, -0.25) is 9.59 Å². The molecule has 0 bridgehead atoms. The van der Waals surface area contributed by atoms with Crippen molar-refractivity contribution in [1.29, 1.82) is 0 Å². The number of fused-ring (bicyclic) bond motifs is 1. The maximum Gasteiger partial charge on any atom is 0.307 e. The van der Waals surface area contributed by atoms with Crippen molar-refractivity contribution in [3.05, 3.63) is 22.5 Å². The zero-order valence-electron chi connectivity index (χ0n) is 13.6. The minimum atomic E-state index is -0.875. The molecule has 4 nitrogen and oxygen atoms in total. The Balaban J connectivity index is 2.62. The Bertz CT molecular complexity index is 594. The molecule has 21 heavy (non-hydrogen) atoms. The molecule has 4 heteroatoms. The molecule has 1 N–H and O–H groups in total. The van der Waals surface area contributed by atoms with Gasteiger partial charge in [0.1, 0.15) is 0 Å². The molecular weight excluding hydrogens is 266 g/mol. The molecule has 0 saturated carbocycles. The van der Waals surface area contributed by atoms with Gasteiger partial charge in [0.2, 0.25) is 0 Å². The molecule has 1 aromatic heterocycles. The van der Waals surface area contributed by atoms with Crippen molar-refractivity contribution in [3.63, 3.8) is 0 Å². The summed E-state index contributed by atoms with van der Waals surface area (Å²) in [6.45, 7) is 11.3. The predicted molar refractivity (Wildman–Crippen MR) is 81.8 cm³/mol. The van der Waals surface area contributed by atoms with Crippen molar-refractivity contribution < 1.29 is 14.7 Å². The Labute approximate surface area is 126 Å². The Kier molecular flexibility index (Phi) is 4.00. The van der Waals surface area contributed by atoms with Crippen LogP contribution in [0.1, 0.15) is 61.4 Å². The fraction of sp³-hybridized carbons (Fsp3) is 0.647. The molecule has 0 amide bonds. The molecule has 1 heterocycles. The van der Waals surface area contributed by atoms with Gasteiger partial charge in [0.05, 0.1) is 6.42 Å². The smallest absolute Gasteiger partial charge is 0.307 e. The quantitative estimate of drug-likeness (QED) is 0.926. The first kappa shape index (κ1) is 15.8. The molecular formula is C17H25NO3. The summed E-state index contributed by atoms with van der Waals surface area (Å²) in [4.78, 5) is 23.7. The summed E-state index contributed by atoms with van der Waals surface area (Å²) in [7, 11) is 0. The number of nitrogens with zero attached hydrogens (tertiary/aromatic N) is 1. The van der Waals surface area contributed by atoms with E-state index in [1.54, 1.807) is 0 Å². The van der Waals surface area contributed by atoms with E-state index in [2.05, 4.69) is 32.3 Å². The number of Topliss-reactive ketones (excluding diaryl/α,β-unsaturated/α-hetero) is 1. The summed E-state index contributed by atoms with van der Waals surface area (Å²) in [5, 5.41) is 9.15. The summed E-state index contributed by atoms with van der Waals surface area (Å²) in [5.41, 5.74) is 3.35. The fourth-order valence-corrected chi connectivity index (χ4v) is 3.39. The largest absolute Gasteiger partial charge is 0.481 e. The van der Waals surface area contributed by atoms with Gasteiger partial charge in [-0.1, -0.05) is 27.7 Å². The van der Waals surface area contributed by atoms with E-state index < -0.39 is 5.97 Å². The summed E-state index contributed by atoms with van der Waals surface area (Å²) < 4.78 is 2.18. The lowest BCUT2D eigenvalue weighted by Crippen LogP contribution is -2.29. The van der Waals surface area contributed by atoms with E-state index in [-0.39, 0.29) is 17.6 Å². The van der Waals surface area contributed by atoms with Crippen LogP contribution in [0.5, 0.6) is 0 Å². The molecule has 1 aliphatic carbocycles. The molecule has 0 fully saturated rings. The van der Waals surface area contributed by atoms with Gasteiger partial charge >= 0.3 is 5.97 Å². The van der Waals surface area contributed by atoms with Crippen molar-refractivity contribution in [2.45, 2.75) is 60.4 Å². The number of hydrogen-bond donors (Lipinski definition) is 1.